The molecule has 2 N–H and O–H groups in total. The zero-order chi connectivity index (χ0) is 14.1. The summed E-state index contributed by atoms with van der Waals surface area (Å²) >= 11 is 0. The molecule has 0 aromatic carbocycles. The number of nitrogens with one attached hydrogen (secondary N) is 2. The van der Waals surface area contributed by atoms with Crippen molar-refractivity contribution in [3.63, 3.8) is 0 Å². The van der Waals surface area contributed by atoms with E-state index < -0.39 is 0 Å². The highest BCUT2D eigenvalue weighted by Gasteiger charge is 2.05. The summed E-state index contributed by atoms with van der Waals surface area (Å²) in [5, 5.41) is 16.5. The van der Waals surface area contributed by atoms with Crippen molar-refractivity contribution in [2.75, 3.05) is 13.6 Å². The van der Waals surface area contributed by atoms with E-state index in [1.807, 2.05) is 14.0 Å². The second-order valence-corrected chi connectivity index (χ2v) is 3.57. The van der Waals surface area contributed by atoms with Gasteiger partial charge in [0.05, 0.1) is 12.3 Å². The van der Waals surface area contributed by atoms with Crippen molar-refractivity contribution in [3.05, 3.63) is 36.3 Å². The molecule has 0 bridgehead atoms. The van der Waals surface area contributed by atoms with E-state index in [0.29, 0.717) is 23.7 Å². The maximum absolute atomic E-state index is 7.65. The monoisotopic (exact) mass is 247 g/mol. The summed E-state index contributed by atoms with van der Waals surface area (Å²) in [6, 6.07) is 0. The molecule has 0 rings (SSSR count). The first kappa shape index (κ1) is 15.8. The van der Waals surface area contributed by atoms with Crippen molar-refractivity contribution in [1.29, 1.82) is 5.41 Å². The molecule has 0 aliphatic heterocycles. The molecule has 5 nitrogen and oxygen atoms in total. The van der Waals surface area contributed by atoms with Crippen LogP contribution in [0.3, 0.4) is 0 Å². The molecule has 0 saturated carbocycles. The van der Waals surface area contributed by atoms with Gasteiger partial charge in [-0.05, 0) is 26.6 Å². The first-order chi connectivity index (χ1) is 8.47. The van der Waals surface area contributed by atoms with Crippen LogP contribution in [0.15, 0.2) is 46.4 Å². The zero-order valence-electron chi connectivity index (χ0n) is 11.3. The Morgan fingerprint density at radius 2 is 2.11 bits per heavy atom. The summed E-state index contributed by atoms with van der Waals surface area (Å²) in [6.07, 6.45) is 3.15. The SMILES string of the molecule is C=CC(=N)/C(C)=C(\N=C)NCC(=C)N(C)/N=C/C. The number of hydrogen-bond acceptors (Lipinski definition) is 5. The van der Waals surface area contributed by atoms with Crippen molar-refractivity contribution in [3.8, 4) is 0 Å². The molecule has 5 heteroatoms. The van der Waals surface area contributed by atoms with Gasteiger partial charge in [0.1, 0.15) is 5.82 Å². The quantitative estimate of drug-likeness (QED) is 0.510. The van der Waals surface area contributed by atoms with E-state index in [-0.39, 0.29) is 0 Å². The first-order valence-corrected chi connectivity index (χ1v) is 5.50. The lowest BCUT2D eigenvalue weighted by Gasteiger charge is -2.17. The number of hydrogen-bond donors (Lipinski definition) is 2. The Kier molecular flexibility index (Phi) is 7.04. The summed E-state index contributed by atoms with van der Waals surface area (Å²) < 4.78 is 0. The molecule has 0 aromatic heterocycles. The van der Waals surface area contributed by atoms with E-state index in [1.165, 1.54) is 6.08 Å². The molecule has 0 amide bonds. The molecule has 0 heterocycles. The average Bonchev–Trinajstić information content (AvgIpc) is 2.38. The van der Waals surface area contributed by atoms with Gasteiger partial charge in [-0.3, -0.25) is 5.01 Å². The maximum atomic E-state index is 7.65. The van der Waals surface area contributed by atoms with Gasteiger partial charge in [0, 0.05) is 24.5 Å². The molecule has 0 fully saturated rings. The maximum Gasteiger partial charge on any atom is 0.130 e. The van der Waals surface area contributed by atoms with Crippen LogP contribution >= 0.6 is 0 Å². The number of allylic oxidation sites excluding steroid dienone is 2. The van der Waals surface area contributed by atoms with Crippen LogP contribution in [0.5, 0.6) is 0 Å². The van der Waals surface area contributed by atoms with Gasteiger partial charge in [-0.1, -0.05) is 13.2 Å². The highest BCUT2D eigenvalue weighted by molar-refractivity contribution is 6.05. The van der Waals surface area contributed by atoms with E-state index in [9.17, 15) is 0 Å². The molecule has 0 aliphatic carbocycles. The van der Waals surface area contributed by atoms with Crippen LogP contribution in [0.25, 0.3) is 0 Å². The van der Waals surface area contributed by atoms with Crippen LogP contribution in [0.2, 0.25) is 0 Å². The number of rotatable bonds is 8. The van der Waals surface area contributed by atoms with Crippen LogP contribution < -0.4 is 5.32 Å². The molecule has 0 aliphatic rings. The van der Waals surface area contributed by atoms with Gasteiger partial charge in [0.2, 0.25) is 0 Å². The predicted octanol–water partition coefficient (Wildman–Crippen LogP) is 2.17. The highest BCUT2D eigenvalue weighted by Crippen LogP contribution is 2.06. The molecule has 0 radical (unpaired) electrons. The minimum atomic E-state index is 0.315. The molecule has 0 unspecified atom stereocenters. The highest BCUT2D eigenvalue weighted by atomic mass is 15.4. The van der Waals surface area contributed by atoms with E-state index in [2.05, 4.69) is 35.3 Å². The summed E-state index contributed by atoms with van der Waals surface area (Å²) in [6.45, 7) is 15.0. The zero-order valence-corrected chi connectivity index (χ0v) is 11.3. The number of nitrogens with zero attached hydrogens (tertiary/aromatic N) is 3. The molecular weight excluding hydrogens is 226 g/mol. The van der Waals surface area contributed by atoms with Gasteiger partial charge in [0.25, 0.3) is 0 Å². The summed E-state index contributed by atoms with van der Waals surface area (Å²) in [5.74, 6) is 0.551. The Bertz CT molecular complexity index is 404. The third-order valence-electron chi connectivity index (χ3n) is 2.33. The summed E-state index contributed by atoms with van der Waals surface area (Å²) in [7, 11) is 1.81. The fourth-order valence-electron chi connectivity index (χ4n) is 1.14. The van der Waals surface area contributed by atoms with Gasteiger partial charge in [-0.25, -0.2) is 4.99 Å². The molecule has 0 aromatic rings. The van der Waals surface area contributed by atoms with Gasteiger partial charge in [-0.15, -0.1) is 0 Å². The van der Waals surface area contributed by atoms with E-state index in [1.54, 1.807) is 18.1 Å². The van der Waals surface area contributed by atoms with Crippen molar-refractivity contribution in [1.82, 2.24) is 10.3 Å². The summed E-state index contributed by atoms with van der Waals surface area (Å²) in [5.41, 5.74) is 1.79. The van der Waals surface area contributed by atoms with Gasteiger partial charge in [-0.2, -0.15) is 5.10 Å². The Hall–Kier alpha value is -2.17. The van der Waals surface area contributed by atoms with Gasteiger partial charge in [0.15, 0.2) is 0 Å². The van der Waals surface area contributed by atoms with Crippen molar-refractivity contribution < 1.29 is 0 Å². The van der Waals surface area contributed by atoms with Crippen LogP contribution in [0.1, 0.15) is 13.8 Å². The van der Waals surface area contributed by atoms with E-state index in [0.717, 1.165) is 5.70 Å². The minimum absolute atomic E-state index is 0.315. The largest absolute Gasteiger partial charge is 0.364 e. The van der Waals surface area contributed by atoms with Crippen LogP contribution in [-0.4, -0.2) is 37.2 Å². The number of aliphatic imine (C=N–C) groups is 1. The third-order valence-corrected chi connectivity index (χ3v) is 2.33. The Labute approximate surface area is 109 Å². The Morgan fingerprint density at radius 3 is 2.56 bits per heavy atom. The minimum Gasteiger partial charge on any atom is -0.364 e. The molecule has 98 valence electrons. The van der Waals surface area contributed by atoms with Crippen LogP contribution in [0, 0.1) is 5.41 Å². The summed E-state index contributed by atoms with van der Waals surface area (Å²) in [4.78, 5) is 3.87. The molecule has 0 spiro atoms. The Balaban J connectivity index is 4.68. The molecule has 18 heavy (non-hydrogen) atoms. The number of hydrazone groups is 1. The number of likely N-dealkylation sites (N-methyl/N-ethyl adjacent to an activating group) is 1. The first-order valence-electron chi connectivity index (χ1n) is 5.50. The van der Waals surface area contributed by atoms with Crippen molar-refractivity contribution >= 4 is 18.6 Å². The van der Waals surface area contributed by atoms with Crippen LogP contribution in [0.4, 0.5) is 0 Å². The second-order valence-electron chi connectivity index (χ2n) is 3.57. The lowest BCUT2D eigenvalue weighted by molar-refractivity contribution is 0.435. The smallest absolute Gasteiger partial charge is 0.130 e. The van der Waals surface area contributed by atoms with E-state index in [4.69, 9.17) is 5.41 Å². The molecule has 0 saturated heterocycles. The molecule has 0 atom stereocenters. The lowest BCUT2D eigenvalue weighted by Crippen LogP contribution is -2.24. The second kappa shape index (κ2) is 8.00. The third kappa shape index (κ3) is 4.78. The topological polar surface area (TPSA) is 63.8 Å². The normalized spacial score (nSPS) is 11.7. The van der Waals surface area contributed by atoms with Gasteiger partial charge < -0.3 is 10.7 Å². The van der Waals surface area contributed by atoms with Gasteiger partial charge >= 0.3 is 0 Å². The van der Waals surface area contributed by atoms with Crippen molar-refractivity contribution in [2.45, 2.75) is 13.8 Å². The lowest BCUT2D eigenvalue weighted by atomic mass is 10.2. The molecular formula is C13H21N5. The van der Waals surface area contributed by atoms with Crippen molar-refractivity contribution in [2.24, 2.45) is 10.1 Å². The standard InChI is InChI=1S/C13H21N5/c1-7-12(14)11(4)13(15-5)16-9-10(3)18(6)17-8-2/h7-8,14,16H,1,3,5,9H2,2,4,6H3/b13-11+,14-12?,17-8+. The average molecular weight is 247 g/mol. The van der Waals surface area contributed by atoms with Crippen LogP contribution in [-0.2, 0) is 0 Å². The Morgan fingerprint density at radius 1 is 1.50 bits per heavy atom. The predicted molar refractivity (Wildman–Crippen MR) is 79.2 cm³/mol. The van der Waals surface area contributed by atoms with E-state index >= 15 is 0 Å². The fourth-order valence-corrected chi connectivity index (χ4v) is 1.14. The fraction of sp³-hybridized carbons (Fsp3) is 0.308.